The third-order valence-corrected chi connectivity index (χ3v) is 19.6. The predicted molar refractivity (Wildman–Crippen MR) is 243 cm³/mol. The van der Waals surface area contributed by atoms with E-state index in [1.165, 1.54) is 116 Å². The molecule has 17 unspecified atom stereocenters. The van der Waals surface area contributed by atoms with Gasteiger partial charge in [-0.15, -0.1) is 0 Å². The van der Waals surface area contributed by atoms with Gasteiger partial charge >= 0.3 is 0 Å². The first-order chi connectivity index (χ1) is 27.8. The van der Waals surface area contributed by atoms with Crippen LogP contribution in [0.1, 0.15) is 198 Å². The fraction of sp³-hybridized carbons (Fsp3) is 1.00. The molecule has 4 nitrogen and oxygen atoms in total. The average molecular weight is 811 g/mol. The van der Waals surface area contributed by atoms with Gasteiger partial charge in [0.2, 0.25) is 0 Å². The van der Waals surface area contributed by atoms with E-state index in [4.69, 9.17) is 9.47 Å². The van der Waals surface area contributed by atoms with Crippen LogP contribution in [0.15, 0.2) is 0 Å². The number of unbranched alkanes of at least 4 members (excludes halogenated alkanes) is 1. The van der Waals surface area contributed by atoms with Gasteiger partial charge in [0.25, 0.3) is 0 Å². The van der Waals surface area contributed by atoms with Crippen molar-refractivity contribution in [2.24, 2.45) is 107 Å². The minimum atomic E-state index is -0.170. The van der Waals surface area contributed by atoms with Crippen molar-refractivity contribution in [2.45, 2.75) is 222 Å². The lowest BCUT2D eigenvalue weighted by molar-refractivity contribution is -0.119. The molecular weight excluding hydrogens is 713 g/mol. The smallest absolute Gasteiger partial charge is 0.0607 e. The summed E-state index contributed by atoms with van der Waals surface area (Å²) < 4.78 is 13.9. The Bertz CT molecular complexity index is 1080. The molecule has 0 aromatic carbocycles. The topological polar surface area (TPSA) is 58.9 Å². The summed E-state index contributed by atoms with van der Waals surface area (Å²) >= 11 is 0. The van der Waals surface area contributed by atoms with E-state index in [9.17, 15) is 10.2 Å². The third kappa shape index (κ3) is 11.1. The van der Waals surface area contributed by atoms with Gasteiger partial charge in [0, 0.05) is 13.2 Å². The second kappa shape index (κ2) is 22.0. The van der Waals surface area contributed by atoms with Crippen LogP contribution in [0.5, 0.6) is 0 Å². The Morgan fingerprint density at radius 3 is 1.14 bits per heavy atom. The molecule has 2 N–H and O–H groups in total. The van der Waals surface area contributed by atoms with Crippen molar-refractivity contribution < 1.29 is 19.7 Å². The predicted octanol–water partition coefficient (Wildman–Crippen LogP) is 13.7. The average Bonchev–Trinajstić information content (AvgIpc) is 3.19. The van der Waals surface area contributed by atoms with E-state index in [0.29, 0.717) is 59.6 Å². The summed E-state index contributed by atoms with van der Waals surface area (Å²) in [7, 11) is 0. The summed E-state index contributed by atoms with van der Waals surface area (Å²) in [4.78, 5) is 0. The zero-order chi connectivity index (χ0) is 41.7. The molecule has 6 aliphatic carbocycles. The summed E-state index contributed by atoms with van der Waals surface area (Å²) in [5.74, 6) is 11.6. The van der Waals surface area contributed by atoms with Crippen molar-refractivity contribution in [2.75, 3.05) is 13.2 Å². The van der Waals surface area contributed by atoms with Crippen molar-refractivity contribution in [3.8, 4) is 0 Å². The highest BCUT2D eigenvalue weighted by molar-refractivity contribution is 4.99. The molecule has 0 aliphatic heterocycles. The Balaban J connectivity index is 1.04. The molecular formula is C54H98O4. The van der Waals surface area contributed by atoms with Crippen LogP contribution in [0.4, 0.5) is 0 Å². The molecule has 58 heavy (non-hydrogen) atoms. The Morgan fingerprint density at radius 1 is 0.448 bits per heavy atom. The first-order valence-electron chi connectivity index (χ1n) is 26.4. The molecule has 0 spiro atoms. The maximum Gasteiger partial charge on any atom is 0.0607 e. The van der Waals surface area contributed by atoms with Gasteiger partial charge in [-0.3, -0.25) is 0 Å². The van der Waals surface area contributed by atoms with Gasteiger partial charge in [0.05, 0.1) is 24.4 Å². The molecule has 6 aliphatic rings. The fourth-order valence-electron chi connectivity index (χ4n) is 16.6. The second-order valence-corrected chi connectivity index (χ2v) is 23.5. The molecule has 0 bridgehead atoms. The van der Waals surface area contributed by atoms with E-state index < -0.39 is 0 Å². The van der Waals surface area contributed by atoms with E-state index >= 15 is 0 Å². The Labute approximate surface area is 360 Å². The summed E-state index contributed by atoms with van der Waals surface area (Å²) in [5, 5.41) is 24.6. The van der Waals surface area contributed by atoms with Gasteiger partial charge in [-0.2, -0.15) is 0 Å². The minimum absolute atomic E-state index is 0.170. The van der Waals surface area contributed by atoms with Crippen LogP contribution < -0.4 is 0 Å². The number of ether oxygens (including phenoxy) is 2. The molecule has 4 heteroatoms. The number of hydrogen-bond donors (Lipinski definition) is 2. The summed E-state index contributed by atoms with van der Waals surface area (Å²) in [6.07, 6.45) is 25.0. The van der Waals surface area contributed by atoms with E-state index in [0.717, 1.165) is 85.2 Å². The standard InChI is InChI=1S/C54H98O4/c1-11-35(5)41-21-23-49(47(31-41)43-17-15-19-45(53(43)55)51-37(7)27-33(3)28-38(51)8)57-25-13-14-26-58-50-24-22-42(36(6)12-2)32-48(50)44-18-16-20-46(54(44)56)52-39(9)29-34(4)30-40(52)10/h33-56H,11-32H2,1-10H3/t33?,34?,35?,36?,37?,38?,39?,40?,41?,42?,43?,44?,45-,46?,47?,48?,49?,50?,51?,52?,53?,54?/m0/s1. The third-order valence-electron chi connectivity index (χ3n) is 19.6. The summed E-state index contributed by atoms with van der Waals surface area (Å²) in [6.45, 7) is 26.2. The summed E-state index contributed by atoms with van der Waals surface area (Å²) in [6, 6.07) is 0. The Kier molecular flexibility index (Phi) is 17.9. The molecule has 0 saturated heterocycles. The quantitative estimate of drug-likeness (QED) is 0.162. The lowest BCUT2D eigenvalue weighted by Gasteiger charge is -2.51. The molecule has 6 rings (SSSR count). The highest BCUT2D eigenvalue weighted by atomic mass is 16.5. The van der Waals surface area contributed by atoms with Gasteiger partial charge in [0.1, 0.15) is 0 Å². The normalized spacial score (nSPS) is 48.0. The molecule has 18 atom stereocenters. The van der Waals surface area contributed by atoms with Crippen LogP contribution in [0, 0.1) is 107 Å². The second-order valence-electron chi connectivity index (χ2n) is 23.5. The van der Waals surface area contributed by atoms with Gasteiger partial charge in [-0.1, -0.05) is 94.9 Å². The molecule has 338 valence electrons. The molecule has 0 radical (unpaired) electrons. The SMILES string of the molecule is CCC(C)C1CCC(OCCCCOC2CCC(C(C)CC)CC2C2CCC[C@@H](C3C(C)CC(C)CC3C)C2O)C(C2CCCC(C3C(C)CC(C)CC3C)C2O)C1. The fourth-order valence-corrected chi connectivity index (χ4v) is 16.6. The zero-order valence-electron chi connectivity index (χ0n) is 40.0. The molecule has 0 aromatic heterocycles. The van der Waals surface area contributed by atoms with Crippen LogP contribution >= 0.6 is 0 Å². The lowest BCUT2D eigenvalue weighted by atomic mass is 9.57. The van der Waals surface area contributed by atoms with E-state index in [1.54, 1.807) is 0 Å². The van der Waals surface area contributed by atoms with Crippen LogP contribution in [-0.4, -0.2) is 47.8 Å². The largest absolute Gasteiger partial charge is 0.393 e. The Hall–Kier alpha value is -0.160. The molecule has 0 amide bonds. The maximum absolute atomic E-state index is 12.3. The number of aliphatic hydroxyl groups is 2. The number of hydrogen-bond acceptors (Lipinski definition) is 4. The highest BCUT2D eigenvalue weighted by Gasteiger charge is 2.50. The zero-order valence-corrected chi connectivity index (χ0v) is 40.0. The Morgan fingerprint density at radius 2 is 0.793 bits per heavy atom. The van der Waals surface area contributed by atoms with Gasteiger partial charge in [0.15, 0.2) is 0 Å². The van der Waals surface area contributed by atoms with Crippen LogP contribution in [0.3, 0.4) is 0 Å². The van der Waals surface area contributed by atoms with E-state index in [-0.39, 0.29) is 12.2 Å². The van der Waals surface area contributed by atoms with Gasteiger partial charge < -0.3 is 19.7 Å². The first kappa shape index (κ1) is 47.3. The van der Waals surface area contributed by atoms with Crippen LogP contribution in [-0.2, 0) is 9.47 Å². The highest BCUT2D eigenvalue weighted by Crippen LogP contribution is 2.53. The first-order valence-corrected chi connectivity index (χ1v) is 26.4. The van der Waals surface area contributed by atoms with Gasteiger partial charge in [-0.25, -0.2) is 0 Å². The van der Waals surface area contributed by atoms with Crippen molar-refractivity contribution in [3.63, 3.8) is 0 Å². The van der Waals surface area contributed by atoms with Crippen LogP contribution in [0.25, 0.3) is 0 Å². The van der Waals surface area contributed by atoms with Crippen molar-refractivity contribution in [1.29, 1.82) is 0 Å². The van der Waals surface area contributed by atoms with Crippen molar-refractivity contribution in [1.82, 2.24) is 0 Å². The summed E-state index contributed by atoms with van der Waals surface area (Å²) in [5.41, 5.74) is 0. The molecule has 0 aromatic rings. The van der Waals surface area contributed by atoms with Crippen molar-refractivity contribution in [3.05, 3.63) is 0 Å². The van der Waals surface area contributed by atoms with E-state index in [1.807, 2.05) is 0 Å². The molecule has 0 heterocycles. The van der Waals surface area contributed by atoms with Crippen LogP contribution in [0.2, 0.25) is 0 Å². The van der Waals surface area contributed by atoms with Gasteiger partial charge in [-0.05, 0) is 209 Å². The number of aliphatic hydroxyl groups excluding tert-OH is 2. The monoisotopic (exact) mass is 811 g/mol. The molecule has 6 saturated carbocycles. The number of rotatable bonds is 15. The van der Waals surface area contributed by atoms with E-state index in [2.05, 4.69) is 69.2 Å². The lowest BCUT2D eigenvalue weighted by Crippen LogP contribution is -2.49. The minimum Gasteiger partial charge on any atom is -0.393 e. The van der Waals surface area contributed by atoms with Crippen molar-refractivity contribution >= 4 is 0 Å². The maximum atomic E-state index is 12.3. The molecule has 6 fully saturated rings.